The van der Waals surface area contributed by atoms with E-state index in [4.69, 9.17) is 30.8 Å². The summed E-state index contributed by atoms with van der Waals surface area (Å²) in [6.07, 6.45) is 0. The van der Waals surface area contributed by atoms with Gasteiger partial charge in [-0.3, -0.25) is 0 Å². The number of esters is 1. The zero-order valence-corrected chi connectivity index (χ0v) is 24.0. The SMILES string of the molecule is O=C(OCc1ccccc1)c1cc(OCc2ccccc2)c2cc(-c3ccccc3Cl)cc(OCc3ccccc3)c2n1. The summed E-state index contributed by atoms with van der Waals surface area (Å²) in [7, 11) is 0. The van der Waals surface area contributed by atoms with Gasteiger partial charge in [-0.15, -0.1) is 0 Å². The Labute approximate surface area is 255 Å². The van der Waals surface area contributed by atoms with E-state index in [1.54, 1.807) is 6.07 Å². The Hall–Kier alpha value is -5.13. The maximum Gasteiger partial charge on any atom is 0.357 e. The number of pyridine rings is 1. The van der Waals surface area contributed by atoms with Crippen LogP contribution in [0.5, 0.6) is 11.5 Å². The van der Waals surface area contributed by atoms with Gasteiger partial charge in [-0.1, -0.05) is 121 Å². The van der Waals surface area contributed by atoms with E-state index in [2.05, 4.69) is 0 Å². The molecule has 5 aromatic carbocycles. The van der Waals surface area contributed by atoms with Crippen LogP contribution in [0.15, 0.2) is 133 Å². The maximum atomic E-state index is 13.3. The van der Waals surface area contributed by atoms with Gasteiger partial charge >= 0.3 is 5.97 Å². The number of fused-ring (bicyclic) bond motifs is 1. The summed E-state index contributed by atoms with van der Waals surface area (Å²) < 4.78 is 18.4. The van der Waals surface area contributed by atoms with Gasteiger partial charge in [0, 0.05) is 22.0 Å². The highest BCUT2D eigenvalue weighted by Crippen LogP contribution is 2.39. The van der Waals surface area contributed by atoms with Crippen molar-refractivity contribution in [2.75, 3.05) is 0 Å². The zero-order chi connectivity index (χ0) is 29.4. The number of halogens is 1. The normalized spacial score (nSPS) is 10.8. The van der Waals surface area contributed by atoms with Crippen molar-refractivity contribution >= 4 is 28.5 Å². The van der Waals surface area contributed by atoms with Crippen molar-refractivity contribution in [2.24, 2.45) is 0 Å². The fraction of sp³-hybridized carbons (Fsp3) is 0.0811. The molecule has 0 aliphatic carbocycles. The number of hydrogen-bond acceptors (Lipinski definition) is 5. The van der Waals surface area contributed by atoms with Crippen LogP contribution in [0, 0.1) is 0 Å². The van der Waals surface area contributed by atoms with Crippen LogP contribution in [0.25, 0.3) is 22.0 Å². The van der Waals surface area contributed by atoms with Crippen molar-refractivity contribution in [3.05, 3.63) is 161 Å². The van der Waals surface area contributed by atoms with E-state index in [0.29, 0.717) is 40.6 Å². The fourth-order valence-electron chi connectivity index (χ4n) is 4.72. The number of rotatable bonds is 10. The van der Waals surface area contributed by atoms with Gasteiger partial charge in [0.25, 0.3) is 0 Å². The van der Waals surface area contributed by atoms with Gasteiger partial charge < -0.3 is 14.2 Å². The van der Waals surface area contributed by atoms with Crippen molar-refractivity contribution in [2.45, 2.75) is 19.8 Å². The number of benzene rings is 5. The highest BCUT2D eigenvalue weighted by Gasteiger charge is 2.20. The van der Waals surface area contributed by atoms with Gasteiger partial charge in [-0.2, -0.15) is 0 Å². The predicted octanol–water partition coefficient (Wildman–Crippen LogP) is 9.07. The first-order valence-electron chi connectivity index (χ1n) is 13.9. The standard InChI is InChI=1S/C37H28ClNO4/c38-32-19-11-10-18-30(32)29-20-31-34(41-23-26-12-4-1-5-13-26)22-33(37(40)43-25-28-16-8-3-9-17-28)39-36(31)35(21-29)42-24-27-14-6-2-7-15-27/h1-22H,23-25H2. The minimum Gasteiger partial charge on any atom is -0.488 e. The highest BCUT2D eigenvalue weighted by molar-refractivity contribution is 6.33. The van der Waals surface area contributed by atoms with Crippen LogP contribution in [-0.4, -0.2) is 11.0 Å². The summed E-state index contributed by atoms with van der Waals surface area (Å²) in [4.78, 5) is 18.1. The van der Waals surface area contributed by atoms with Crippen molar-refractivity contribution in [3.63, 3.8) is 0 Å². The third kappa shape index (κ3) is 6.85. The monoisotopic (exact) mass is 585 g/mol. The van der Waals surface area contributed by atoms with Crippen molar-refractivity contribution in [3.8, 4) is 22.6 Å². The molecule has 6 rings (SSSR count). The van der Waals surface area contributed by atoms with Crippen molar-refractivity contribution in [1.29, 1.82) is 0 Å². The summed E-state index contributed by atoms with van der Waals surface area (Å²) in [6, 6.07) is 42.4. The zero-order valence-electron chi connectivity index (χ0n) is 23.3. The van der Waals surface area contributed by atoms with E-state index >= 15 is 0 Å². The lowest BCUT2D eigenvalue weighted by Gasteiger charge is -2.17. The number of nitrogens with zero attached hydrogens (tertiary/aromatic N) is 1. The first kappa shape index (κ1) is 28.0. The van der Waals surface area contributed by atoms with E-state index in [9.17, 15) is 4.79 Å². The summed E-state index contributed by atoms with van der Waals surface area (Å²) in [5, 5.41) is 1.30. The summed E-state index contributed by atoms with van der Waals surface area (Å²) in [5.74, 6) is 0.428. The van der Waals surface area contributed by atoms with Gasteiger partial charge in [-0.05, 0) is 40.5 Å². The van der Waals surface area contributed by atoms with Crippen LogP contribution in [0.3, 0.4) is 0 Å². The molecular formula is C37H28ClNO4. The van der Waals surface area contributed by atoms with Crippen LogP contribution in [0.1, 0.15) is 27.2 Å². The molecular weight excluding hydrogens is 558 g/mol. The van der Waals surface area contributed by atoms with Crippen LogP contribution >= 0.6 is 11.6 Å². The third-order valence-electron chi connectivity index (χ3n) is 6.92. The first-order valence-corrected chi connectivity index (χ1v) is 14.3. The van der Waals surface area contributed by atoms with Gasteiger partial charge in [0.2, 0.25) is 0 Å². The Morgan fingerprint density at radius 3 is 1.74 bits per heavy atom. The minimum absolute atomic E-state index is 0.126. The lowest BCUT2D eigenvalue weighted by molar-refractivity contribution is 0.0465. The quantitative estimate of drug-likeness (QED) is 0.150. The second-order valence-corrected chi connectivity index (χ2v) is 10.4. The molecule has 1 aromatic heterocycles. The first-order chi connectivity index (χ1) is 21.1. The van der Waals surface area contributed by atoms with Crippen LogP contribution in [-0.2, 0) is 24.6 Å². The molecule has 0 bridgehead atoms. The second-order valence-electron chi connectivity index (χ2n) is 9.97. The maximum absolute atomic E-state index is 13.3. The molecule has 0 aliphatic heterocycles. The molecule has 0 radical (unpaired) electrons. The molecule has 43 heavy (non-hydrogen) atoms. The van der Waals surface area contributed by atoms with Gasteiger partial charge in [-0.25, -0.2) is 9.78 Å². The Morgan fingerprint density at radius 2 is 1.14 bits per heavy atom. The van der Waals surface area contributed by atoms with Crippen LogP contribution in [0.2, 0.25) is 5.02 Å². The molecule has 0 atom stereocenters. The Morgan fingerprint density at radius 1 is 0.605 bits per heavy atom. The Bertz CT molecular complexity index is 1840. The molecule has 0 N–H and O–H groups in total. The van der Waals surface area contributed by atoms with Crippen LogP contribution < -0.4 is 9.47 Å². The number of ether oxygens (including phenoxy) is 3. The predicted molar refractivity (Wildman–Crippen MR) is 169 cm³/mol. The number of aromatic nitrogens is 1. The fourth-order valence-corrected chi connectivity index (χ4v) is 4.96. The molecule has 0 saturated carbocycles. The molecule has 1 heterocycles. The largest absolute Gasteiger partial charge is 0.488 e. The molecule has 6 heteroatoms. The lowest BCUT2D eigenvalue weighted by atomic mass is 10.0. The van der Waals surface area contributed by atoms with Gasteiger partial charge in [0.1, 0.15) is 36.8 Å². The smallest absolute Gasteiger partial charge is 0.357 e. The van der Waals surface area contributed by atoms with E-state index < -0.39 is 5.97 Å². The number of carbonyl (C=O) groups excluding carboxylic acids is 1. The third-order valence-corrected chi connectivity index (χ3v) is 7.25. The second kappa shape index (κ2) is 13.2. The Balaban J connectivity index is 1.45. The molecule has 5 nitrogen and oxygen atoms in total. The summed E-state index contributed by atoms with van der Waals surface area (Å²) in [6.45, 7) is 0.740. The highest BCUT2D eigenvalue weighted by atomic mass is 35.5. The van der Waals surface area contributed by atoms with Gasteiger partial charge in [0.15, 0.2) is 5.69 Å². The molecule has 212 valence electrons. The minimum atomic E-state index is -0.556. The van der Waals surface area contributed by atoms with E-state index in [-0.39, 0.29) is 12.3 Å². The Kier molecular flexibility index (Phi) is 8.62. The molecule has 0 unspecified atom stereocenters. The molecule has 0 saturated heterocycles. The van der Waals surface area contributed by atoms with E-state index in [1.807, 2.05) is 127 Å². The number of hydrogen-bond donors (Lipinski definition) is 0. The molecule has 6 aromatic rings. The molecule has 0 spiro atoms. The summed E-state index contributed by atoms with van der Waals surface area (Å²) in [5.41, 5.74) is 5.17. The average molecular weight is 586 g/mol. The molecule has 0 aliphatic rings. The number of carbonyl (C=O) groups is 1. The van der Waals surface area contributed by atoms with E-state index in [1.165, 1.54) is 0 Å². The van der Waals surface area contributed by atoms with Crippen molar-refractivity contribution < 1.29 is 19.0 Å². The molecule has 0 fully saturated rings. The van der Waals surface area contributed by atoms with Crippen molar-refractivity contribution in [1.82, 2.24) is 4.98 Å². The topological polar surface area (TPSA) is 57.7 Å². The summed E-state index contributed by atoms with van der Waals surface area (Å²) >= 11 is 6.62. The van der Waals surface area contributed by atoms with E-state index in [0.717, 1.165) is 27.8 Å². The average Bonchev–Trinajstić information content (AvgIpc) is 3.06. The van der Waals surface area contributed by atoms with Gasteiger partial charge in [0.05, 0.1) is 0 Å². The molecule has 0 amide bonds. The lowest BCUT2D eigenvalue weighted by Crippen LogP contribution is -2.09. The van der Waals surface area contributed by atoms with Crippen LogP contribution in [0.4, 0.5) is 0 Å².